The molecule has 0 heterocycles. The van der Waals surface area contributed by atoms with E-state index in [0.717, 1.165) is 6.54 Å². The van der Waals surface area contributed by atoms with E-state index in [1.807, 2.05) is 0 Å². The zero-order chi connectivity index (χ0) is 19.8. The van der Waals surface area contributed by atoms with Crippen molar-refractivity contribution in [3.63, 3.8) is 0 Å². The van der Waals surface area contributed by atoms with Gasteiger partial charge in [0.15, 0.2) is 0 Å². The fourth-order valence-electron chi connectivity index (χ4n) is 5.10. The van der Waals surface area contributed by atoms with Crippen LogP contribution in [0.2, 0.25) is 0 Å². The molecule has 156 valence electrons. The lowest BCUT2D eigenvalue weighted by atomic mass is 9.88. The summed E-state index contributed by atoms with van der Waals surface area (Å²) in [5, 5.41) is 3.49. The minimum atomic E-state index is 0.284. The number of hydrogen-bond acceptors (Lipinski definition) is 3. The number of rotatable bonds is 8. The highest BCUT2D eigenvalue weighted by Gasteiger charge is 2.32. The van der Waals surface area contributed by atoms with Crippen molar-refractivity contribution in [3.05, 3.63) is 35.9 Å². The van der Waals surface area contributed by atoms with Gasteiger partial charge in [-0.1, -0.05) is 68.9 Å². The second kappa shape index (κ2) is 11.0. The maximum Gasteiger partial charge on any atom is 0.237 e. The summed E-state index contributed by atoms with van der Waals surface area (Å²) in [6.45, 7) is 1.26. The molecule has 1 N–H and O–H groups in total. The molecule has 0 unspecified atom stereocenters. The fourth-order valence-corrected chi connectivity index (χ4v) is 5.10. The monoisotopic (exact) mass is 385 g/mol. The Kier molecular flexibility index (Phi) is 8.35. The maximum atomic E-state index is 13.3. The quantitative estimate of drug-likeness (QED) is 0.722. The van der Waals surface area contributed by atoms with Gasteiger partial charge in [0.05, 0.1) is 6.54 Å². The fraction of sp³-hybridized carbons (Fsp3) is 0.708. The first-order valence-corrected chi connectivity index (χ1v) is 11.4. The smallest absolute Gasteiger partial charge is 0.237 e. The summed E-state index contributed by atoms with van der Waals surface area (Å²) in [7, 11) is 4.22. The predicted octanol–water partition coefficient (Wildman–Crippen LogP) is 4.37. The average Bonchev–Trinajstić information content (AvgIpc) is 2.73. The zero-order valence-electron chi connectivity index (χ0n) is 17.9. The van der Waals surface area contributed by atoms with Gasteiger partial charge in [-0.05, 0) is 45.3 Å². The minimum absolute atomic E-state index is 0.284. The van der Waals surface area contributed by atoms with Gasteiger partial charge in [-0.3, -0.25) is 4.79 Å². The zero-order valence-corrected chi connectivity index (χ0v) is 17.9. The molecule has 0 bridgehead atoms. The standard InChI is InChI=1S/C24H39N3O/c1-26(2)23(20-12-6-3-7-13-20)18-25-19-24(28)27(21-14-8-4-9-15-21)22-16-10-5-11-17-22/h3,6-7,12-13,21-23,25H,4-5,8-11,14-19H2,1-2H3/t23-/m0/s1. The third kappa shape index (κ3) is 5.81. The summed E-state index contributed by atoms with van der Waals surface area (Å²) >= 11 is 0. The molecule has 1 aromatic rings. The highest BCUT2D eigenvalue weighted by molar-refractivity contribution is 5.79. The largest absolute Gasteiger partial charge is 0.336 e. The number of nitrogens with one attached hydrogen (secondary N) is 1. The summed E-state index contributed by atoms with van der Waals surface area (Å²) in [5.74, 6) is 0.323. The van der Waals surface area contributed by atoms with Crippen molar-refractivity contribution >= 4 is 5.91 Å². The Hall–Kier alpha value is -1.39. The van der Waals surface area contributed by atoms with Crippen molar-refractivity contribution in [2.24, 2.45) is 0 Å². The maximum absolute atomic E-state index is 13.3. The third-order valence-corrected chi connectivity index (χ3v) is 6.65. The number of carbonyl (C=O) groups excluding carboxylic acids is 1. The molecule has 1 aromatic carbocycles. The highest BCUT2D eigenvalue weighted by Crippen LogP contribution is 2.30. The lowest BCUT2D eigenvalue weighted by molar-refractivity contribution is -0.137. The molecule has 0 saturated heterocycles. The van der Waals surface area contributed by atoms with Crippen LogP contribution in [0.1, 0.15) is 75.8 Å². The number of hydrogen-bond donors (Lipinski definition) is 1. The van der Waals surface area contributed by atoms with Crippen LogP contribution >= 0.6 is 0 Å². The van der Waals surface area contributed by atoms with E-state index in [9.17, 15) is 4.79 Å². The number of nitrogens with zero attached hydrogens (tertiary/aromatic N) is 2. The van der Waals surface area contributed by atoms with Gasteiger partial charge in [-0.25, -0.2) is 0 Å². The summed E-state index contributed by atoms with van der Waals surface area (Å²) in [5.41, 5.74) is 1.30. The van der Waals surface area contributed by atoms with Gasteiger partial charge < -0.3 is 15.1 Å². The van der Waals surface area contributed by atoms with E-state index in [2.05, 4.69) is 59.5 Å². The summed E-state index contributed by atoms with van der Waals surface area (Å²) in [4.78, 5) is 17.8. The first-order chi connectivity index (χ1) is 13.7. The molecular weight excluding hydrogens is 346 g/mol. The minimum Gasteiger partial charge on any atom is -0.336 e. The molecule has 2 fully saturated rings. The molecule has 0 aliphatic heterocycles. The van der Waals surface area contributed by atoms with Gasteiger partial charge in [-0.2, -0.15) is 0 Å². The van der Waals surface area contributed by atoms with Crippen LogP contribution in [-0.4, -0.2) is 55.0 Å². The average molecular weight is 386 g/mol. The molecule has 2 saturated carbocycles. The normalized spacial score (nSPS) is 20.2. The highest BCUT2D eigenvalue weighted by atomic mass is 16.2. The molecule has 2 aliphatic rings. The number of likely N-dealkylation sites (N-methyl/N-ethyl adjacent to an activating group) is 1. The number of carbonyl (C=O) groups is 1. The van der Waals surface area contributed by atoms with Crippen LogP contribution in [0.5, 0.6) is 0 Å². The Morgan fingerprint density at radius 3 is 1.96 bits per heavy atom. The van der Waals surface area contributed by atoms with Crippen LogP contribution in [0, 0.1) is 0 Å². The molecule has 1 amide bonds. The molecule has 4 nitrogen and oxygen atoms in total. The van der Waals surface area contributed by atoms with Crippen LogP contribution in [0.15, 0.2) is 30.3 Å². The van der Waals surface area contributed by atoms with Gasteiger partial charge in [0.25, 0.3) is 0 Å². The van der Waals surface area contributed by atoms with Crippen molar-refractivity contribution in [1.82, 2.24) is 15.1 Å². The third-order valence-electron chi connectivity index (χ3n) is 6.65. The van der Waals surface area contributed by atoms with Crippen LogP contribution < -0.4 is 5.32 Å². The molecule has 3 rings (SSSR count). The SMILES string of the molecule is CN(C)[C@@H](CNCC(=O)N(C1CCCCC1)C1CCCCC1)c1ccccc1. The van der Waals surface area contributed by atoms with Crippen LogP contribution in [0.25, 0.3) is 0 Å². The lowest BCUT2D eigenvalue weighted by Gasteiger charge is -2.42. The van der Waals surface area contributed by atoms with Crippen LogP contribution in [0.4, 0.5) is 0 Å². The molecule has 4 heteroatoms. The van der Waals surface area contributed by atoms with E-state index in [0.29, 0.717) is 24.5 Å². The van der Waals surface area contributed by atoms with E-state index in [-0.39, 0.29) is 6.04 Å². The summed E-state index contributed by atoms with van der Waals surface area (Å²) in [6.07, 6.45) is 12.6. The molecule has 1 atom stereocenters. The van der Waals surface area contributed by atoms with Gasteiger partial charge in [0.2, 0.25) is 5.91 Å². The van der Waals surface area contributed by atoms with E-state index in [1.165, 1.54) is 69.8 Å². The second-order valence-corrected chi connectivity index (χ2v) is 8.91. The van der Waals surface area contributed by atoms with Gasteiger partial charge >= 0.3 is 0 Å². The molecule has 28 heavy (non-hydrogen) atoms. The Bertz CT molecular complexity index is 559. The molecule has 0 aromatic heterocycles. The van der Waals surface area contributed by atoms with Crippen LogP contribution in [0.3, 0.4) is 0 Å². The Morgan fingerprint density at radius 1 is 0.929 bits per heavy atom. The molecular formula is C24H39N3O. The molecule has 0 radical (unpaired) electrons. The van der Waals surface area contributed by atoms with E-state index in [4.69, 9.17) is 0 Å². The summed E-state index contributed by atoms with van der Waals surface area (Å²) in [6, 6.07) is 11.8. The Morgan fingerprint density at radius 2 is 1.46 bits per heavy atom. The second-order valence-electron chi connectivity index (χ2n) is 8.91. The van der Waals surface area contributed by atoms with Crippen molar-refractivity contribution in [3.8, 4) is 0 Å². The van der Waals surface area contributed by atoms with Crippen LogP contribution in [-0.2, 0) is 4.79 Å². The summed E-state index contributed by atoms with van der Waals surface area (Å²) < 4.78 is 0. The number of amides is 1. The Labute approximate surface area is 171 Å². The van der Waals surface area contributed by atoms with Gasteiger partial charge in [-0.15, -0.1) is 0 Å². The van der Waals surface area contributed by atoms with Gasteiger partial charge in [0.1, 0.15) is 0 Å². The molecule has 0 spiro atoms. The lowest BCUT2D eigenvalue weighted by Crippen LogP contribution is -2.52. The van der Waals surface area contributed by atoms with Crippen molar-refractivity contribution in [2.45, 2.75) is 82.3 Å². The van der Waals surface area contributed by atoms with E-state index >= 15 is 0 Å². The first-order valence-electron chi connectivity index (χ1n) is 11.4. The van der Waals surface area contributed by atoms with Crippen molar-refractivity contribution in [1.29, 1.82) is 0 Å². The molecule has 2 aliphatic carbocycles. The van der Waals surface area contributed by atoms with Crippen molar-refractivity contribution < 1.29 is 4.79 Å². The van der Waals surface area contributed by atoms with Gasteiger partial charge in [0, 0.05) is 24.7 Å². The topological polar surface area (TPSA) is 35.6 Å². The van der Waals surface area contributed by atoms with Crippen molar-refractivity contribution in [2.75, 3.05) is 27.2 Å². The number of benzene rings is 1. The van der Waals surface area contributed by atoms with E-state index in [1.54, 1.807) is 0 Å². The first kappa shape index (κ1) is 21.3. The predicted molar refractivity (Wildman–Crippen MR) is 116 cm³/mol. The van der Waals surface area contributed by atoms with E-state index < -0.39 is 0 Å². The Balaban J connectivity index is 1.59.